The second-order valence-corrected chi connectivity index (χ2v) is 2.96. The van der Waals surface area contributed by atoms with Crippen LogP contribution >= 0.6 is 15.9 Å². The van der Waals surface area contributed by atoms with Crippen LogP contribution in [0, 0.1) is 0 Å². The largest absolute Gasteiger partial charge is 0.363 e. The van der Waals surface area contributed by atoms with E-state index in [2.05, 4.69) is 26.2 Å². The van der Waals surface area contributed by atoms with Gasteiger partial charge in [-0.25, -0.2) is 13.8 Å². The first kappa shape index (κ1) is 9.38. The number of halogens is 3. The number of nitrogens with one attached hydrogen (secondary N) is 1. The maximum Gasteiger partial charge on any atom is 0.255 e. The van der Waals surface area contributed by atoms with E-state index in [9.17, 15) is 8.78 Å². The van der Waals surface area contributed by atoms with Gasteiger partial charge in [-0.15, -0.1) is 0 Å². The molecule has 0 aliphatic carbocycles. The molecule has 1 N–H and O–H groups in total. The molecule has 12 heavy (non-hydrogen) atoms. The van der Waals surface area contributed by atoms with Crippen molar-refractivity contribution in [2.24, 2.45) is 0 Å². The number of hydrogen-bond donors (Lipinski definition) is 1. The van der Waals surface area contributed by atoms with Gasteiger partial charge in [-0.05, 0) is 28.1 Å². The Kier molecular flexibility index (Phi) is 3.40. The van der Waals surface area contributed by atoms with Gasteiger partial charge >= 0.3 is 0 Å². The minimum absolute atomic E-state index is 0.379. The van der Waals surface area contributed by atoms with Crippen LogP contribution in [0.3, 0.4) is 0 Å². The van der Waals surface area contributed by atoms with Crippen molar-refractivity contribution in [1.82, 2.24) is 4.98 Å². The van der Waals surface area contributed by atoms with E-state index in [1.807, 2.05) is 0 Å². The van der Waals surface area contributed by atoms with Gasteiger partial charge in [-0.1, -0.05) is 0 Å². The van der Waals surface area contributed by atoms with E-state index in [1.165, 1.54) is 0 Å². The Bertz CT molecular complexity index is 255. The molecular formula is C7H7BrF2N2. The molecule has 0 amide bonds. The number of aromatic nitrogens is 1. The lowest BCUT2D eigenvalue weighted by Crippen LogP contribution is -2.11. The van der Waals surface area contributed by atoms with Crippen molar-refractivity contribution < 1.29 is 8.78 Å². The van der Waals surface area contributed by atoms with Gasteiger partial charge in [0.2, 0.25) is 0 Å². The molecule has 5 heteroatoms. The average molecular weight is 237 g/mol. The zero-order chi connectivity index (χ0) is 8.97. The lowest BCUT2D eigenvalue weighted by atomic mass is 10.4. The van der Waals surface area contributed by atoms with Crippen molar-refractivity contribution >= 4 is 21.7 Å². The Morgan fingerprint density at radius 2 is 2.33 bits per heavy atom. The molecule has 1 aromatic rings. The first-order valence-electron chi connectivity index (χ1n) is 3.32. The van der Waals surface area contributed by atoms with Crippen LogP contribution in [0.25, 0.3) is 0 Å². The maximum absolute atomic E-state index is 11.7. The van der Waals surface area contributed by atoms with Gasteiger partial charge in [0.1, 0.15) is 5.82 Å². The first-order chi connectivity index (χ1) is 5.70. The molecule has 0 fully saturated rings. The van der Waals surface area contributed by atoms with Gasteiger partial charge in [0.15, 0.2) is 0 Å². The van der Waals surface area contributed by atoms with Crippen molar-refractivity contribution in [3.63, 3.8) is 0 Å². The summed E-state index contributed by atoms with van der Waals surface area (Å²) in [4.78, 5) is 3.86. The monoisotopic (exact) mass is 236 g/mol. The Hall–Kier alpha value is -0.710. The van der Waals surface area contributed by atoms with Crippen molar-refractivity contribution in [3.05, 3.63) is 22.8 Å². The van der Waals surface area contributed by atoms with Gasteiger partial charge in [0.05, 0.1) is 11.0 Å². The predicted octanol–water partition coefficient (Wildman–Crippen LogP) is 2.52. The van der Waals surface area contributed by atoms with Crippen LogP contribution < -0.4 is 5.32 Å². The summed E-state index contributed by atoms with van der Waals surface area (Å²) in [6, 6.07) is 3.46. The Morgan fingerprint density at radius 1 is 1.58 bits per heavy atom. The number of alkyl halides is 2. The molecule has 1 rings (SSSR count). The van der Waals surface area contributed by atoms with Gasteiger partial charge in [0, 0.05) is 6.20 Å². The summed E-state index contributed by atoms with van der Waals surface area (Å²) in [5, 5.41) is 2.50. The number of nitrogens with zero attached hydrogens (tertiary/aromatic N) is 1. The van der Waals surface area contributed by atoms with Crippen molar-refractivity contribution in [2.45, 2.75) is 6.43 Å². The lowest BCUT2D eigenvalue weighted by molar-refractivity contribution is 0.163. The minimum Gasteiger partial charge on any atom is -0.363 e. The summed E-state index contributed by atoms with van der Waals surface area (Å²) in [5.41, 5.74) is 0. The molecule has 0 bridgehead atoms. The molecule has 1 aromatic heterocycles. The standard InChI is InChI=1S/C7H7BrF2N2/c8-5-2-1-3-11-7(5)12-4-6(9)10/h1-3,6H,4H2,(H,11,12). The van der Waals surface area contributed by atoms with Crippen LogP contribution in [-0.4, -0.2) is 18.0 Å². The normalized spacial score (nSPS) is 10.3. The van der Waals surface area contributed by atoms with Crippen molar-refractivity contribution in [3.8, 4) is 0 Å². The number of hydrogen-bond acceptors (Lipinski definition) is 2. The molecule has 0 atom stereocenters. The molecule has 2 nitrogen and oxygen atoms in total. The fraction of sp³-hybridized carbons (Fsp3) is 0.286. The third-order valence-electron chi connectivity index (χ3n) is 1.18. The van der Waals surface area contributed by atoms with Crippen molar-refractivity contribution in [1.29, 1.82) is 0 Å². The molecule has 0 radical (unpaired) electrons. The number of pyridine rings is 1. The summed E-state index contributed by atoms with van der Waals surface area (Å²) in [6.45, 7) is -0.379. The fourth-order valence-electron chi connectivity index (χ4n) is 0.690. The highest BCUT2D eigenvalue weighted by atomic mass is 79.9. The van der Waals surface area contributed by atoms with E-state index >= 15 is 0 Å². The summed E-state index contributed by atoms with van der Waals surface area (Å²) in [7, 11) is 0. The van der Waals surface area contributed by atoms with E-state index in [0.29, 0.717) is 10.3 Å². The van der Waals surface area contributed by atoms with Crippen molar-refractivity contribution in [2.75, 3.05) is 11.9 Å². The summed E-state index contributed by atoms with van der Waals surface area (Å²) in [5.74, 6) is 0.442. The van der Waals surface area contributed by atoms with E-state index in [0.717, 1.165) is 0 Å². The second kappa shape index (κ2) is 4.35. The predicted molar refractivity (Wildman–Crippen MR) is 46.4 cm³/mol. The number of anilines is 1. The van der Waals surface area contributed by atoms with Gasteiger partial charge in [0.25, 0.3) is 6.43 Å². The maximum atomic E-state index is 11.7. The zero-order valence-electron chi connectivity index (χ0n) is 6.10. The van der Waals surface area contributed by atoms with Crippen LogP contribution in [0.5, 0.6) is 0 Å². The highest BCUT2D eigenvalue weighted by Crippen LogP contribution is 2.18. The second-order valence-electron chi connectivity index (χ2n) is 2.11. The molecule has 0 saturated heterocycles. The Labute approximate surface area is 77.1 Å². The van der Waals surface area contributed by atoms with Gasteiger partial charge in [-0.2, -0.15) is 0 Å². The van der Waals surface area contributed by atoms with Crippen LogP contribution in [0.15, 0.2) is 22.8 Å². The molecule has 0 aliphatic rings. The highest BCUT2D eigenvalue weighted by Gasteiger charge is 2.03. The molecule has 0 spiro atoms. The summed E-state index contributed by atoms with van der Waals surface area (Å²) in [6.07, 6.45) is -0.822. The van der Waals surface area contributed by atoms with Crippen LogP contribution in [-0.2, 0) is 0 Å². The summed E-state index contributed by atoms with van der Waals surface area (Å²) >= 11 is 3.18. The lowest BCUT2D eigenvalue weighted by Gasteiger charge is -2.05. The SMILES string of the molecule is FC(F)CNc1ncccc1Br. The first-order valence-corrected chi connectivity index (χ1v) is 4.12. The molecule has 0 saturated carbocycles. The highest BCUT2D eigenvalue weighted by molar-refractivity contribution is 9.10. The quantitative estimate of drug-likeness (QED) is 0.873. The molecular weight excluding hydrogens is 230 g/mol. The molecule has 0 unspecified atom stereocenters. The fourth-order valence-corrected chi connectivity index (χ4v) is 1.08. The van der Waals surface area contributed by atoms with E-state index in [1.54, 1.807) is 18.3 Å². The van der Waals surface area contributed by atoms with E-state index in [-0.39, 0.29) is 6.54 Å². The van der Waals surface area contributed by atoms with Gasteiger partial charge < -0.3 is 5.32 Å². The summed E-state index contributed by atoms with van der Waals surface area (Å²) < 4.78 is 24.2. The third-order valence-corrected chi connectivity index (χ3v) is 1.82. The average Bonchev–Trinajstić information content (AvgIpc) is 2.03. The number of rotatable bonds is 3. The van der Waals surface area contributed by atoms with Crippen LogP contribution in [0.2, 0.25) is 0 Å². The minimum atomic E-state index is -2.36. The topological polar surface area (TPSA) is 24.9 Å². The Morgan fingerprint density at radius 3 is 2.92 bits per heavy atom. The molecule has 66 valence electrons. The molecule has 1 heterocycles. The molecule has 0 aliphatic heterocycles. The third kappa shape index (κ3) is 2.73. The van der Waals surface area contributed by atoms with E-state index < -0.39 is 6.43 Å². The zero-order valence-corrected chi connectivity index (χ0v) is 7.68. The molecule has 0 aromatic carbocycles. The van der Waals surface area contributed by atoms with Gasteiger partial charge in [-0.3, -0.25) is 0 Å². The van der Waals surface area contributed by atoms with E-state index in [4.69, 9.17) is 0 Å². The Balaban J connectivity index is 2.57. The van der Waals surface area contributed by atoms with Crippen LogP contribution in [0.1, 0.15) is 0 Å². The van der Waals surface area contributed by atoms with Crippen LogP contribution in [0.4, 0.5) is 14.6 Å². The smallest absolute Gasteiger partial charge is 0.255 e.